The highest BCUT2D eigenvalue weighted by Gasteiger charge is 2.32. The molecule has 1 aliphatic carbocycles. The summed E-state index contributed by atoms with van der Waals surface area (Å²) in [6, 6.07) is 8.62. The third-order valence-electron chi connectivity index (χ3n) is 4.64. The number of fused-ring (bicyclic) bond motifs is 1. The van der Waals surface area contributed by atoms with E-state index in [-0.39, 0.29) is 0 Å². The van der Waals surface area contributed by atoms with Gasteiger partial charge >= 0.3 is 0 Å². The van der Waals surface area contributed by atoms with E-state index in [4.69, 9.17) is 5.73 Å². The maximum atomic E-state index is 6.02. The van der Waals surface area contributed by atoms with Gasteiger partial charge in [-0.25, -0.2) is 0 Å². The molecule has 3 rings (SSSR count). The molecule has 1 aromatic heterocycles. The zero-order valence-corrected chi connectivity index (χ0v) is 12.3. The molecule has 1 fully saturated rings. The van der Waals surface area contributed by atoms with Crippen molar-refractivity contribution < 1.29 is 0 Å². The van der Waals surface area contributed by atoms with E-state index < -0.39 is 0 Å². The first-order valence-electron chi connectivity index (χ1n) is 7.48. The molecule has 3 heteroatoms. The third-order valence-corrected chi connectivity index (χ3v) is 4.64. The quantitative estimate of drug-likeness (QED) is 0.803. The van der Waals surface area contributed by atoms with Crippen LogP contribution in [0.2, 0.25) is 0 Å². The lowest BCUT2D eigenvalue weighted by Crippen LogP contribution is -2.38. The van der Waals surface area contributed by atoms with Gasteiger partial charge in [0, 0.05) is 23.3 Å². The Morgan fingerprint density at radius 3 is 2.90 bits per heavy atom. The minimum absolute atomic E-state index is 0.341. The Hall–Kier alpha value is -1.77. The molecule has 0 saturated heterocycles. The van der Waals surface area contributed by atoms with E-state index in [0.717, 1.165) is 22.3 Å². The van der Waals surface area contributed by atoms with Crippen LogP contribution in [0.25, 0.3) is 10.9 Å². The van der Waals surface area contributed by atoms with Crippen molar-refractivity contribution in [2.24, 2.45) is 5.41 Å². The number of nitrogen functional groups attached to an aromatic ring is 1. The SMILES string of the molecule is CC1(C)CCCCC1Nc1ccc(N)c2ncccc12. The molecule has 3 nitrogen and oxygen atoms in total. The fourth-order valence-corrected chi connectivity index (χ4v) is 3.27. The van der Waals surface area contributed by atoms with Crippen LogP contribution in [-0.2, 0) is 0 Å². The Labute approximate surface area is 120 Å². The van der Waals surface area contributed by atoms with Gasteiger partial charge in [0.1, 0.15) is 0 Å². The smallest absolute Gasteiger partial charge is 0.0951 e. The Morgan fingerprint density at radius 1 is 1.25 bits per heavy atom. The molecule has 2 aromatic rings. The number of benzene rings is 1. The molecule has 0 aliphatic heterocycles. The van der Waals surface area contributed by atoms with Crippen LogP contribution in [0.4, 0.5) is 11.4 Å². The van der Waals surface area contributed by atoms with Gasteiger partial charge in [0.05, 0.1) is 11.2 Å². The average molecular weight is 269 g/mol. The van der Waals surface area contributed by atoms with Crippen LogP contribution in [0.15, 0.2) is 30.5 Å². The number of nitrogens with one attached hydrogen (secondary N) is 1. The monoisotopic (exact) mass is 269 g/mol. The summed E-state index contributed by atoms with van der Waals surface area (Å²) in [5.74, 6) is 0. The van der Waals surface area contributed by atoms with Crippen molar-refractivity contribution >= 4 is 22.3 Å². The van der Waals surface area contributed by atoms with Crippen molar-refractivity contribution in [2.45, 2.75) is 45.6 Å². The van der Waals surface area contributed by atoms with Gasteiger partial charge in [0.25, 0.3) is 0 Å². The topological polar surface area (TPSA) is 50.9 Å². The molecular formula is C17H23N3. The average Bonchev–Trinajstić information content (AvgIpc) is 2.44. The van der Waals surface area contributed by atoms with E-state index in [1.165, 1.54) is 25.7 Å². The maximum Gasteiger partial charge on any atom is 0.0951 e. The number of hydrogen-bond donors (Lipinski definition) is 2. The van der Waals surface area contributed by atoms with E-state index in [2.05, 4.69) is 36.3 Å². The summed E-state index contributed by atoms with van der Waals surface area (Å²) >= 11 is 0. The van der Waals surface area contributed by atoms with Crippen LogP contribution in [0.5, 0.6) is 0 Å². The van der Waals surface area contributed by atoms with Gasteiger partial charge in [-0.15, -0.1) is 0 Å². The molecule has 0 radical (unpaired) electrons. The predicted molar refractivity (Wildman–Crippen MR) is 85.8 cm³/mol. The lowest BCUT2D eigenvalue weighted by atomic mass is 9.73. The predicted octanol–water partition coefficient (Wildman–Crippen LogP) is 4.20. The molecule has 3 N–H and O–H groups in total. The number of rotatable bonds is 2. The first-order valence-corrected chi connectivity index (χ1v) is 7.48. The molecule has 1 atom stereocenters. The minimum atomic E-state index is 0.341. The number of nitrogens with two attached hydrogens (primary N) is 1. The molecule has 1 aliphatic rings. The highest BCUT2D eigenvalue weighted by Crippen LogP contribution is 2.38. The van der Waals surface area contributed by atoms with Crippen molar-refractivity contribution in [3.05, 3.63) is 30.5 Å². The molecule has 1 aromatic carbocycles. The Balaban J connectivity index is 1.97. The number of anilines is 2. The van der Waals surface area contributed by atoms with Crippen LogP contribution in [0.1, 0.15) is 39.5 Å². The molecule has 0 spiro atoms. The van der Waals surface area contributed by atoms with Crippen LogP contribution >= 0.6 is 0 Å². The summed E-state index contributed by atoms with van der Waals surface area (Å²) in [7, 11) is 0. The van der Waals surface area contributed by atoms with Gasteiger partial charge in [-0.2, -0.15) is 0 Å². The van der Waals surface area contributed by atoms with E-state index in [1.54, 1.807) is 6.20 Å². The zero-order chi connectivity index (χ0) is 14.2. The molecule has 20 heavy (non-hydrogen) atoms. The van der Waals surface area contributed by atoms with E-state index in [1.807, 2.05) is 12.1 Å². The van der Waals surface area contributed by atoms with Crippen LogP contribution in [-0.4, -0.2) is 11.0 Å². The minimum Gasteiger partial charge on any atom is -0.397 e. The van der Waals surface area contributed by atoms with Crippen LogP contribution in [0.3, 0.4) is 0 Å². The molecule has 0 amide bonds. The maximum absolute atomic E-state index is 6.02. The number of pyridine rings is 1. The fraction of sp³-hybridized carbons (Fsp3) is 0.471. The first kappa shape index (κ1) is 13.2. The summed E-state index contributed by atoms with van der Waals surface area (Å²) in [6.45, 7) is 4.73. The van der Waals surface area contributed by atoms with Gasteiger partial charge < -0.3 is 11.1 Å². The largest absolute Gasteiger partial charge is 0.397 e. The summed E-state index contributed by atoms with van der Waals surface area (Å²) in [4.78, 5) is 4.41. The second-order valence-corrected chi connectivity index (χ2v) is 6.53. The standard InChI is InChI=1S/C17H23N3/c1-17(2)10-4-3-7-15(17)20-14-9-8-13(18)16-12(14)6-5-11-19-16/h5-6,8-9,11,15,20H,3-4,7,10,18H2,1-2H3. The molecular weight excluding hydrogens is 246 g/mol. The Kier molecular flexibility index (Phi) is 3.28. The van der Waals surface area contributed by atoms with Gasteiger partial charge in [-0.1, -0.05) is 26.7 Å². The summed E-state index contributed by atoms with van der Waals surface area (Å²) < 4.78 is 0. The first-order chi connectivity index (χ1) is 9.58. The van der Waals surface area contributed by atoms with Crippen molar-refractivity contribution in [3.63, 3.8) is 0 Å². The van der Waals surface area contributed by atoms with Gasteiger partial charge in [-0.3, -0.25) is 4.98 Å². The summed E-state index contributed by atoms with van der Waals surface area (Å²) in [6.07, 6.45) is 6.98. The lowest BCUT2D eigenvalue weighted by molar-refractivity contribution is 0.217. The van der Waals surface area contributed by atoms with E-state index >= 15 is 0 Å². The summed E-state index contributed by atoms with van der Waals surface area (Å²) in [5, 5.41) is 4.87. The van der Waals surface area contributed by atoms with Crippen molar-refractivity contribution in [3.8, 4) is 0 Å². The molecule has 106 valence electrons. The van der Waals surface area contributed by atoms with Gasteiger partial charge in [0.15, 0.2) is 0 Å². The van der Waals surface area contributed by atoms with Crippen molar-refractivity contribution in [2.75, 3.05) is 11.1 Å². The van der Waals surface area contributed by atoms with Crippen molar-refractivity contribution in [1.82, 2.24) is 4.98 Å². The van der Waals surface area contributed by atoms with E-state index in [0.29, 0.717) is 11.5 Å². The zero-order valence-electron chi connectivity index (χ0n) is 12.3. The van der Waals surface area contributed by atoms with Crippen molar-refractivity contribution in [1.29, 1.82) is 0 Å². The third kappa shape index (κ3) is 2.33. The van der Waals surface area contributed by atoms with E-state index in [9.17, 15) is 0 Å². The second-order valence-electron chi connectivity index (χ2n) is 6.53. The molecule has 1 heterocycles. The molecule has 0 bridgehead atoms. The lowest BCUT2D eigenvalue weighted by Gasteiger charge is -2.39. The number of nitrogens with zero attached hydrogens (tertiary/aromatic N) is 1. The van der Waals surface area contributed by atoms with Gasteiger partial charge in [-0.05, 0) is 42.5 Å². The molecule has 1 saturated carbocycles. The highest BCUT2D eigenvalue weighted by molar-refractivity contribution is 5.98. The number of aromatic nitrogens is 1. The highest BCUT2D eigenvalue weighted by atomic mass is 14.9. The molecule has 1 unspecified atom stereocenters. The normalized spacial score (nSPS) is 21.8. The Morgan fingerprint density at radius 2 is 2.10 bits per heavy atom. The number of hydrogen-bond acceptors (Lipinski definition) is 3. The fourth-order valence-electron chi connectivity index (χ4n) is 3.27. The van der Waals surface area contributed by atoms with Gasteiger partial charge in [0.2, 0.25) is 0 Å². The Bertz CT molecular complexity index is 619. The van der Waals surface area contributed by atoms with Crippen LogP contribution < -0.4 is 11.1 Å². The summed E-state index contributed by atoms with van der Waals surface area (Å²) in [5.41, 5.74) is 9.16. The second kappa shape index (κ2) is 4.97. The van der Waals surface area contributed by atoms with Crippen LogP contribution in [0, 0.1) is 5.41 Å².